The van der Waals surface area contributed by atoms with Crippen LogP contribution in [-0.2, 0) is 9.63 Å². The van der Waals surface area contributed by atoms with E-state index in [1.54, 1.807) is 0 Å². The van der Waals surface area contributed by atoms with Gasteiger partial charge in [-0.1, -0.05) is 19.2 Å². The second-order valence-corrected chi connectivity index (χ2v) is 2.30. The van der Waals surface area contributed by atoms with Crippen molar-refractivity contribution in [2.45, 2.75) is 32.0 Å². The Hall–Kier alpha value is -0.505. The smallest absolute Gasteiger partial charge is 0.324 e. The Morgan fingerprint density at radius 1 is 1.40 bits per heavy atom. The Labute approximate surface area is 62.3 Å². The van der Waals surface area contributed by atoms with Gasteiger partial charge in [0.2, 0.25) is 0 Å². The lowest BCUT2D eigenvalue weighted by atomic mass is 9.99. The van der Waals surface area contributed by atoms with Gasteiger partial charge < -0.3 is 4.84 Å². The minimum Gasteiger partial charge on any atom is -0.373 e. The lowest BCUT2D eigenvalue weighted by Gasteiger charge is -1.96. The zero-order chi connectivity index (χ0) is 7.82. The second kappa shape index (κ2) is 6.61. The number of carbonyl (C=O) groups is 1. The van der Waals surface area contributed by atoms with Crippen LogP contribution in [0.4, 0.5) is 0 Å². The molecule has 2 N–H and O–H groups in total. The maximum absolute atomic E-state index is 10.4. The summed E-state index contributed by atoms with van der Waals surface area (Å²) in [5.41, 5.74) is 0. The largest absolute Gasteiger partial charge is 0.373 e. The van der Waals surface area contributed by atoms with E-state index in [1.165, 1.54) is 12.7 Å². The lowest BCUT2D eigenvalue weighted by Crippen LogP contribution is -2.08. The Balaban J connectivity index is 2.96. The zero-order valence-electron chi connectivity index (χ0n) is 6.43. The first kappa shape index (κ1) is 9.49. The molecule has 0 saturated carbocycles. The third kappa shape index (κ3) is 5.63. The number of unbranched alkanes of at least 4 members (excludes halogenated alkanes) is 2. The highest BCUT2D eigenvalue weighted by Crippen LogP contribution is 2.01. The van der Waals surface area contributed by atoms with E-state index in [0.717, 1.165) is 12.8 Å². The molecule has 0 aromatic heterocycles. The van der Waals surface area contributed by atoms with Crippen molar-refractivity contribution in [3.63, 3.8) is 0 Å². The van der Waals surface area contributed by atoms with E-state index in [4.69, 9.17) is 0 Å². The fourth-order valence-electron chi connectivity index (χ4n) is 0.755. The average Bonchev–Trinajstić information content (AvgIpc) is 1.98. The molecule has 0 bridgehead atoms. The van der Waals surface area contributed by atoms with Crippen LogP contribution in [0.2, 0.25) is 6.32 Å². The summed E-state index contributed by atoms with van der Waals surface area (Å²) in [6, 6.07) is 0. The molecule has 0 aliphatic heterocycles. The maximum Gasteiger partial charge on any atom is 0.324 e. The Morgan fingerprint density at radius 3 is 2.60 bits per heavy atom. The first-order valence-corrected chi connectivity index (χ1v) is 3.70. The molecule has 0 radical (unpaired) electrons. The standard InChI is InChI=1S/C6H14BNO2/c7-5-3-1-2-4-6(9)10-8/h1-5,7-8H2. The first-order chi connectivity index (χ1) is 4.81. The Bertz CT molecular complexity index is 97.7. The molecule has 0 aliphatic rings. The molecule has 0 aliphatic carbocycles. The predicted molar refractivity (Wildman–Crippen MR) is 42.1 cm³/mol. The van der Waals surface area contributed by atoms with Crippen molar-refractivity contribution in [1.29, 1.82) is 0 Å². The van der Waals surface area contributed by atoms with Gasteiger partial charge >= 0.3 is 5.97 Å². The summed E-state index contributed by atoms with van der Waals surface area (Å²) in [7, 11) is 2.13. The van der Waals surface area contributed by atoms with Gasteiger partial charge in [-0.15, -0.1) is 0 Å². The molecule has 0 amide bonds. The quantitative estimate of drug-likeness (QED) is 0.335. The lowest BCUT2D eigenvalue weighted by molar-refractivity contribution is -0.144. The molecule has 58 valence electrons. The summed E-state index contributed by atoms with van der Waals surface area (Å²) in [5.74, 6) is 4.33. The van der Waals surface area contributed by atoms with Crippen LogP contribution in [0.1, 0.15) is 25.7 Å². The van der Waals surface area contributed by atoms with Crippen LogP contribution >= 0.6 is 0 Å². The first-order valence-electron chi connectivity index (χ1n) is 3.70. The number of carbonyl (C=O) groups excluding carboxylic acids is 1. The van der Waals surface area contributed by atoms with Crippen LogP contribution in [-0.4, -0.2) is 13.8 Å². The van der Waals surface area contributed by atoms with Gasteiger partial charge in [-0.2, -0.15) is 5.90 Å². The molecular weight excluding hydrogens is 129 g/mol. The number of nitrogens with two attached hydrogens (primary N) is 1. The predicted octanol–water partition coefficient (Wildman–Crippen LogP) is 0.0151. The van der Waals surface area contributed by atoms with Gasteiger partial charge in [-0.25, -0.2) is 0 Å². The molecule has 10 heavy (non-hydrogen) atoms. The SMILES string of the molecule is BCCCCCC(=O)ON. The van der Waals surface area contributed by atoms with E-state index in [1.807, 2.05) is 0 Å². The summed E-state index contributed by atoms with van der Waals surface area (Å²) in [5, 5.41) is 0. The summed E-state index contributed by atoms with van der Waals surface area (Å²) in [6.07, 6.45) is 4.79. The van der Waals surface area contributed by atoms with E-state index >= 15 is 0 Å². The normalized spacial score (nSPS) is 9.30. The highest BCUT2D eigenvalue weighted by Gasteiger charge is 1.98. The summed E-state index contributed by atoms with van der Waals surface area (Å²) >= 11 is 0. The van der Waals surface area contributed by atoms with E-state index in [9.17, 15) is 4.79 Å². The minimum atomic E-state index is -0.309. The third-order valence-electron chi connectivity index (χ3n) is 1.37. The fourth-order valence-corrected chi connectivity index (χ4v) is 0.755. The van der Waals surface area contributed by atoms with Gasteiger partial charge in [0.25, 0.3) is 0 Å². The zero-order valence-corrected chi connectivity index (χ0v) is 6.43. The molecule has 3 nitrogen and oxygen atoms in total. The van der Waals surface area contributed by atoms with Gasteiger partial charge in [0, 0.05) is 6.42 Å². The summed E-state index contributed by atoms with van der Waals surface area (Å²) < 4.78 is 0. The van der Waals surface area contributed by atoms with Gasteiger partial charge in [-0.05, 0) is 6.42 Å². The van der Waals surface area contributed by atoms with Crippen LogP contribution in [0.25, 0.3) is 0 Å². The monoisotopic (exact) mass is 143 g/mol. The van der Waals surface area contributed by atoms with Crippen LogP contribution in [0.3, 0.4) is 0 Å². The van der Waals surface area contributed by atoms with Crippen molar-refractivity contribution < 1.29 is 9.63 Å². The molecule has 4 heteroatoms. The molecule has 0 atom stereocenters. The molecule has 0 aromatic rings. The topological polar surface area (TPSA) is 52.3 Å². The van der Waals surface area contributed by atoms with Crippen molar-refractivity contribution >= 4 is 13.8 Å². The van der Waals surface area contributed by atoms with E-state index in [0.29, 0.717) is 6.42 Å². The van der Waals surface area contributed by atoms with Gasteiger partial charge in [-0.3, -0.25) is 4.79 Å². The van der Waals surface area contributed by atoms with Crippen LogP contribution in [0, 0.1) is 0 Å². The molecular formula is C6H14BNO2. The minimum absolute atomic E-state index is 0.309. The van der Waals surface area contributed by atoms with Crippen molar-refractivity contribution in [3.8, 4) is 0 Å². The van der Waals surface area contributed by atoms with Crippen molar-refractivity contribution in [2.24, 2.45) is 5.90 Å². The molecule has 0 heterocycles. The maximum atomic E-state index is 10.4. The number of hydrogen-bond donors (Lipinski definition) is 1. The van der Waals surface area contributed by atoms with E-state index < -0.39 is 0 Å². The summed E-state index contributed by atoms with van der Waals surface area (Å²) in [4.78, 5) is 14.4. The molecule has 0 rings (SSSR count). The molecule has 0 aromatic carbocycles. The molecule has 0 saturated heterocycles. The Morgan fingerprint density at radius 2 is 2.10 bits per heavy atom. The average molecular weight is 143 g/mol. The van der Waals surface area contributed by atoms with Crippen molar-refractivity contribution in [1.82, 2.24) is 0 Å². The Kier molecular flexibility index (Phi) is 6.28. The van der Waals surface area contributed by atoms with Gasteiger partial charge in [0.15, 0.2) is 0 Å². The van der Waals surface area contributed by atoms with Gasteiger partial charge in [0.05, 0.1) is 0 Å². The van der Waals surface area contributed by atoms with E-state index in [-0.39, 0.29) is 5.97 Å². The van der Waals surface area contributed by atoms with Crippen molar-refractivity contribution in [3.05, 3.63) is 0 Å². The van der Waals surface area contributed by atoms with Crippen LogP contribution in [0.5, 0.6) is 0 Å². The highest BCUT2D eigenvalue weighted by atomic mass is 16.7. The molecule has 0 unspecified atom stereocenters. The summed E-state index contributed by atoms with van der Waals surface area (Å²) in [6.45, 7) is 0. The molecule has 0 fully saturated rings. The third-order valence-corrected chi connectivity index (χ3v) is 1.37. The van der Waals surface area contributed by atoms with Gasteiger partial charge in [0.1, 0.15) is 7.85 Å². The highest BCUT2D eigenvalue weighted by molar-refractivity contribution is 6.08. The van der Waals surface area contributed by atoms with Crippen LogP contribution in [0.15, 0.2) is 0 Å². The molecule has 0 spiro atoms. The number of rotatable bonds is 5. The van der Waals surface area contributed by atoms with Crippen molar-refractivity contribution in [2.75, 3.05) is 0 Å². The second-order valence-electron chi connectivity index (χ2n) is 2.30. The fraction of sp³-hybridized carbons (Fsp3) is 0.833. The number of hydrogen-bond acceptors (Lipinski definition) is 3. The van der Waals surface area contributed by atoms with E-state index in [2.05, 4.69) is 18.6 Å². The van der Waals surface area contributed by atoms with Crippen LogP contribution < -0.4 is 5.90 Å².